The number of thioether (sulfide) groups is 1. The van der Waals surface area contributed by atoms with E-state index in [1.807, 2.05) is 11.8 Å². The monoisotopic (exact) mass is 298 g/mol. The maximum Gasteiger partial charge on any atom is 0.0104 e. The molecule has 2 rings (SSSR count). The molecule has 0 amide bonds. The van der Waals surface area contributed by atoms with Crippen molar-refractivity contribution < 1.29 is 0 Å². The van der Waals surface area contributed by atoms with E-state index in [1.165, 1.54) is 46.4 Å². The molecule has 112 valence electrons. The predicted octanol–water partition coefficient (Wildman–Crippen LogP) is 5.98. The van der Waals surface area contributed by atoms with Crippen molar-refractivity contribution in [3.63, 3.8) is 0 Å². The zero-order chi connectivity index (χ0) is 15.1. The van der Waals surface area contributed by atoms with Crippen LogP contribution in [0.15, 0.2) is 47.4 Å². The molecule has 2 aromatic rings. The molecule has 0 saturated heterocycles. The van der Waals surface area contributed by atoms with E-state index < -0.39 is 0 Å². The molecule has 0 bridgehead atoms. The number of unbranched alkanes of at least 4 members (excludes halogenated alkanes) is 1. The van der Waals surface area contributed by atoms with Crippen molar-refractivity contribution in [1.29, 1.82) is 0 Å². The third-order valence-corrected chi connectivity index (χ3v) is 4.99. The summed E-state index contributed by atoms with van der Waals surface area (Å²) < 4.78 is 0. The number of hydrogen-bond donors (Lipinski definition) is 0. The quantitative estimate of drug-likeness (QED) is 0.566. The molecule has 0 aromatic heterocycles. The second-order valence-corrected chi connectivity index (χ2v) is 6.92. The topological polar surface area (TPSA) is 0 Å². The summed E-state index contributed by atoms with van der Waals surface area (Å²) in [6, 6.07) is 15.9. The minimum atomic E-state index is 1.14. The van der Waals surface area contributed by atoms with Crippen LogP contribution >= 0.6 is 11.8 Å². The lowest BCUT2D eigenvalue weighted by Crippen LogP contribution is -1.91. The van der Waals surface area contributed by atoms with Gasteiger partial charge in [0.1, 0.15) is 0 Å². The lowest BCUT2D eigenvalue weighted by atomic mass is 10.1. The van der Waals surface area contributed by atoms with Gasteiger partial charge in [-0.1, -0.05) is 55.3 Å². The zero-order valence-corrected chi connectivity index (χ0v) is 14.3. The normalized spacial score (nSPS) is 10.8. The van der Waals surface area contributed by atoms with E-state index in [0.29, 0.717) is 0 Å². The van der Waals surface area contributed by atoms with Crippen molar-refractivity contribution in [2.75, 3.05) is 5.75 Å². The molecule has 0 aliphatic carbocycles. The van der Waals surface area contributed by atoms with Gasteiger partial charge in [0.2, 0.25) is 0 Å². The van der Waals surface area contributed by atoms with Crippen molar-refractivity contribution in [1.82, 2.24) is 0 Å². The van der Waals surface area contributed by atoms with Gasteiger partial charge in [0, 0.05) is 10.6 Å². The molecule has 0 N–H and O–H groups in total. The van der Waals surface area contributed by atoms with E-state index >= 15 is 0 Å². The number of hydrogen-bond acceptors (Lipinski definition) is 1. The van der Waals surface area contributed by atoms with Crippen LogP contribution in [0, 0.1) is 13.8 Å². The van der Waals surface area contributed by atoms with Crippen molar-refractivity contribution in [2.45, 2.75) is 51.3 Å². The standard InChI is InChI=1S/C20H26S/c1-4-5-6-18-9-11-19(12-10-18)13-14-21-20-15-16(2)7-8-17(20)3/h7-12,15H,4-6,13-14H2,1-3H3. The Bertz CT molecular complexity index is 555. The van der Waals surface area contributed by atoms with E-state index in [4.69, 9.17) is 0 Å². The van der Waals surface area contributed by atoms with Crippen LogP contribution in [0.2, 0.25) is 0 Å². The first kappa shape index (κ1) is 16.2. The average molecular weight is 298 g/mol. The Morgan fingerprint density at radius 3 is 2.19 bits per heavy atom. The van der Waals surface area contributed by atoms with Crippen molar-refractivity contribution >= 4 is 11.8 Å². The SMILES string of the molecule is CCCCc1ccc(CCSc2cc(C)ccc2C)cc1. The smallest absolute Gasteiger partial charge is 0.0104 e. The fourth-order valence-corrected chi connectivity index (χ4v) is 3.52. The third-order valence-electron chi connectivity index (χ3n) is 3.83. The van der Waals surface area contributed by atoms with E-state index in [0.717, 1.165) is 12.2 Å². The molecule has 0 nitrogen and oxygen atoms in total. The Hall–Kier alpha value is -1.21. The molecule has 21 heavy (non-hydrogen) atoms. The third kappa shape index (κ3) is 5.24. The Balaban J connectivity index is 1.84. The van der Waals surface area contributed by atoms with Crippen molar-refractivity contribution in [3.05, 3.63) is 64.7 Å². The minimum absolute atomic E-state index is 1.14. The first-order valence-electron chi connectivity index (χ1n) is 7.97. The maximum absolute atomic E-state index is 2.30. The summed E-state index contributed by atoms with van der Waals surface area (Å²) in [5, 5.41) is 0. The van der Waals surface area contributed by atoms with Gasteiger partial charge in [-0.2, -0.15) is 0 Å². The van der Waals surface area contributed by atoms with Crippen LogP contribution in [0.3, 0.4) is 0 Å². The van der Waals surface area contributed by atoms with Gasteiger partial charge in [-0.15, -0.1) is 11.8 Å². The molecule has 0 spiro atoms. The lowest BCUT2D eigenvalue weighted by molar-refractivity contribution is 0.794. The summed E-state index contributed by atoms with van der Waals surface area (Å²) in [7, 11) is 0. The summed E-state index contributed by atoms with van der Waals surface area (Å²) in [4.78, 5) is 1.43. The molecular formula is C20H26S. The highest BCUT2D eigenvalue weighted by molar-refractivity contribution is 7.99. The summed E-state index contributed by atoms with van der Waals surface area (Å²) in [6.07, 6.45) is 4.93. The van der Waals surface area contributed by atoms with E-state index in [9.17, 15) is 0 Å². The largest absolute Gasteiger partial charge is 0.126 e. The Morgan fingerprint density at radius 2 is 1.52 bits per heavy atom. The van der Waals surface area contributed by atoms with Crippen LogP contribution in [0.25, 0.3) is 0 Å². The molecule has 0 fully saturated rings. The zero-order valence-electron chi connectivity index (χ0n) is 13.5. The Labute approximate surface area is 134 Å². The van der Waals surface area contributed by atoms with Crippen molar-refractivity contribution in [2.24, 2.45) is 0 Å². The van der Waals surface area contributed by atoms with Gasteiger partial charge in [0.15, 0.2) is 0 Å². The molecule has 1 heteroatoms. The van der Waals surface area contributed by atoms with Crippen LogP contribution in [0.1, 0.15) is 42.0 Å². The molecule has 2 aromatic carbocycles. The Morgan fingerprint density at radius 1 is 0.857 bits per heavy atom. The first-order valence-corrected chi connectivity index (χ1v) is 8.95. The van der Waals surface area contributed by atoms with Crippen molar-refractivity contribution in [3.8, 4) is 0 Å². The maximum atomic E-state index is 2.30. The highest BCUT2D eigenvalue weighted by Crippen LogP contribution is 2.24. The van der Waals surface area contributed by atoms with E-state index in [1.54, 1.807) is 0 Å². The van der Waals surface area contributed by atoms with E-state index in [2.05, 4.69) is 63.2 Å². The van der Waals surface area contributed by atoms with Crippen LogP contribution < -0.4 is 0 Å². The minimum Gasteiger partial charge on any atom is -0.126 e. The summed E-state index contributed by atoms with van der Waals surface area (Å²) in [5.74, 6) is 1.15. The molecule has 0 radical (unpaired) electrons. The van der Waals surface area contributed by atoms with Gasteiger partial charge in [-0.3, -0.25) is 0 Å². The summed E-state index contributed by atoms with van der Waals surface area (Å²) >= 11 is 1.97. The van der Waals surface area contributed by atoms with Gasteiger partial charge >= 0.3 is 0 Å². The van der Waals surface area contributed by atoms with Crippen LogP contribution in [0.4, 0.5) is 0 Å². The highest BCUT2D eigenvalue weighted by atomic mass is 32.2. The fourth-order valence-electron chi connectivity index (χ4n) is 2.40. The number of benzene rings is 2. The summed E-state index contributed by atoms with van der Waals surface area (Å²) in [6.45, 7) is 6.61. The second-order valence-electron chi connectivity index (χ2n) is 5.79. The van der Waals surface area contributed by atoms with Crippen LogP contribution in [0.5, 0.6) is 0 Å². The molecule has 0 atom stereocenters. The number of rotatable bonds is 7. The second kappa shape index (κ2) is 8.29. The van der Waals surface area contributed by atoms with E-state index in [-0.39, 0.29) is 0 Å². The van der Waals surface area contributed by atoms with Crippen LogP contribution in [-0.4, -0.2) is 5.75 Å². The van der Waals surface area contributed by atoms with Gasteiger partial charge in [-0.05, 0) is 55.9 Å². The summed E-state index contributed by atoms with van der Waals surface area (Å²) in [5.41, 5.74) is 5.67. The van der Waals surface area contributed by atoms with Gasteiger partial charge < -0.3 is 0 Å². The van der Waals surface area contributed by atoms with Gasteiger partial charge in [0.05, 0.1) is 0 Å². The molecular weight excluding hydrogens is 272 g/mol. The highest BCUT2D eigenvalue weighted by Gasteiger charge is 2.01. The molecule has 0 unspecified atom stereocenters. The number of aryl methyl sites for hydroxylation is 4. The molecule has 0 saturated carbocycles. The molecule has 0 aliphatic rings. The molecule has 0 aliphatic heterocycles. The fraction of sp³-hybridized carbons (Fsp3) is 0.400. The lowest BCUT2D eigenvalue weighted by Gasteiger charge is -2.07. The average Bonchev–Trinajstić information content (AvgIpc) is 2.50. The Kier molecular flexibility index (Phi) is 6.38. The molecule has 0 heterocycles. The van der Waals surface area contributed by atoms with Gasteiger partial charge in [0.25, 0.3) is 0 Å². The van der Waals surface area contributed by atoms with Crippen LogP contribution in [-0.2, 0) is 12.8 Å². The predicted molar refractivity (Wildman–Crippen MR) is 95.4 cm³/mol. The van der Waals surface area contributed by atoms with Gasteiger partial charge in [-0.25, -0.2) is 0 Å². The first-order chi connectivity index (χ1) is 10.2.